The van der Waals surface area contributed by atoms with Gasteiger partial charge < -0.3 is 23.8 Å². The smallest absolute Gasteiger partial charge is 0.0314 e. The van der Waals surface area contributed by atoms with Crippen LogP contribution in [0.1, 0.15) is 11.1 Å². The summed E-state index contributed by atoms with van der Waals surface area (Å²) in [5, 5.41) is 0. The molecule has 0 heterocycles. The van der Waals surface area contributed by atoms with Crippen LogP contribution in [0.5, 0.6) is 0 Å². The summed E-state index contributed by atoms with van der Waals surface area (Å²) in [6, 6.07) is 15.9. The monoisotopic (exact) mass is 232 g/mol. The van der Waals surface area contributed by atoms with Gasteiger partial charge in [0.2, 0.25) is 0 Å². The van der Waals surface area contributed by atoms with Crippen molar-refractivity contribution in [1.29, 1.82) is 0 Å². The zero-order valence-corrected chi connectivity index (χ0v) is 9.89. The first-order valence-corrected chi connectivity index (χ1v) is 4.93. The van der Waals surface area contributed by atoms with Gasteiger partial charge in [-0.1, -0.05) is 24.3 Å². The van der Waals surface area contributed by atoms with Crippen molar-refractivity contribution in [3.63, 3.8) is 0 Å². The first-order valence-electron chi connectivity index (χ1n) is 4.93. The molecule has 0 bridgehead atoms. The molecule has 0 aliphatic rings. The van der Waals surface area contributed by atoms with E-state index in [0.29, 0.717) is 0 Å². The third kappa shape index (κ3) is 4.14. The summed E-state index contributed by atoms with van der Waals surface area (Å²) in [5.41, 5.74) is 15.4. The number of hydrogen-bond acceptors (Lipinski definition) is 4. The Kier molecular flexibility index (Phi) is 5.74. The molecule has 0 spiro atoms. The van der Waals surface area contributed by atoms with Crippen LogP contribution in [0, 0.1) is 0 Å². The van der Waals surface area contributed by atoms with E-state index in [1.165, 1.54) is 11.1 Å². The molecule has 10 N–H and O–H groups in total. The van der Waals surface area contributed by atoms with E-state index in [2.05, 4.69) is 0 Å². The molecule has 2 aromatic rings. The number of anilines is 2. The van der Waals surface area contributed by atoms with E-state index in [1.54, 1.807) is 0 Å². The normalized spacial score (nSPS) is 8.94. The molecule has 0 amide bonds. The molecule has 0 aliphatic heterocycles. The van der Waals surface area contributed by atoms with Crippen LogP contribution < -0.4 is 23.8 Å². The minimum Gasteiger partial charge on any atom is -0.399 e. The van der Waals surface area contributed by atoms with Crippen molar-refractivity contribution >= 4 is 11.4 Å². The van der Waals surface area contributed by atoms with Gasteiger partial charge in [-0.15, -0.1) is 0 Å². The van der Waals surface area contributed by atoms with Crippen molar-refractivity contribution in [3.05, 3.63) is 59.7 Å². The summed E-state index contributed by atoms with van der Waals surface area (Å²) in [6.45, 7) is 0. The molecule has 92 valence electrons. The molecular formula is C13H20N4. The number of nitrogen functional groups attached to an aromatic ring is 2. The van der Waals surface area contributed by atoms with Gasteiger partial charge in [-0.25, -0.2) is 0 Å². The summed E-state index contributed by atoms with van der Waals surface area (Å²) in [6.07, 6.45) is 0.917. The largest absolute Gasteiger partial charge is 0.399 e. The zero-order chi connectivity index (χ0) is 10.7. The molecule has 0 aliphatic carbocycles. The topological polar surface area (TPSA) is 122 Å². The molecule has 0 atom stereocenters. The molecule has 0 saturated heterocycles. The first-order chi connectivity index (χ1) is 7.24. The van der Waals surface area contributed by atoms with Crippen LogP contribution in [0.2, 0.25) is 0 Å². The fourth-order valence-corrected chi connectivity index (χ4v) is 1.51. The maximum Gasteiger partial charge on any atom is 0.0314 e. The number of rotatable bonds is 2. The van der Waals surface area contributed by atoms with Gasteiger partial charge in [-0.05, 0) is 41.8 Å². The van der Waals surface area contributed by atoms with Crippen LogP contribution in [0.4, 0.5) is 11.4 Å². The Morgan fingerprint density at radius 1 is 0.588 bits per heavy atom. The Hall–Kier alpha value is -2.04. The van der Waals surface area contributed by atoms with Crippen molar-refractivity contribution in [1.82, 2.24) is 12.3 Å². The lowest BCUT2D eigenvalue weighted by molar-refractivity contribution is 1.19. The molecule has 0 radical (unpaired) electrons. The SMILES string of the molecule is N.N.Nc1ccc(Cc2ccc(N)cc2)cc1. The van der Waals surface area contributed by atoms with E-state index >= 15 is 0 Å². The predicted molar refractivity (Wildman–Crippen MR) is 74.6 cm³/mol. The standard InChI is InChI=1S/C13H14N2.2H3N/c14-12-5-1-10(2-6-12)9-11-3-7-13(15)8-4-11;;/h1-8H,9,14-15H2;2*1H3. The lowest BCUT2D eigenvalue weighted by Crippen LogP contribution is -1.90. The van der Waals surface area contributed by atoms with E-state index < -0.39 is 0 Å². The molecule has 0 fully saturated rings. The lowest BCUT2D eigenvalue weighted by Gasteiger charge is -2.02. The molecule has 2 aromatic carbocycles. The molecular weight excluding hydrogens is 212 g/mol. The second kappa shape index (κ2) is 6.52. The summed E-state index contributed by atoms with van der Waals surface area (Å²) in [5.74, 6) is 0. The highest BCUT2D eigenvalue weighted by Gasteiger charge is 1.95. The molecule has 2 rings (SSSR count). The number of nitrogens with two attached hydrogens (primary N) is 2. The Morgan fingerprint density at radius 3 is 1.18 bits per heavy atom. The zero-order valence-electron chi connectivity index (χ0n) is 9.89. The Bertz CT molecular complexity index is 390. The van der Waals surface area contributed by atoms with Gasteiger partial charge in [0.1, 0.15) is 0 Å². The van der Waals surface area contributed by atoms with E-state index in [4.69, 9.17) is 11.5 Å². The number of hydrogen-bond donors (Lipinski definition) is 4. The van der Waals surface area contributed by atoms with E-state index in [-0.39, 0.29) is 12.3 Å². The Morgan fingerprint density at radius 2 is 0.882 bits per heavy atom. The van der Waals surface area contributed by atoms with Crippen molar-refractivity contribution in [2.24, 2.45) is 0 Å². The maximum atomic E-state index is 5.62. The second-order valence-electron chi connectivity index (χ2n) is 3.66. The fourth-order valence-electron chi connectivity index (χ4n) is 1.51. The highest BCUT2D eigenvalue weighted by Crippen LogP contribution is 2.13. The van der Waals surface area contributed by atoms with Gasteiger partial charge in [-0.3, -0.25) is 0 Å². The average Bonchev–Trinajstić information content (AvgIpc) is 2.25. The van der Waals surface area contributed by atoms with Gasteiger partial charge >= 0.3 is 0 Å². The van der Waals surface area contributed by atoms with Crippen LogP contribution in [0.3, 0.4) is 0 Å². The van der Waals surface area contributed by atoms with Crippen molar-refractivity contribution in [3.8, 4) is 0 Å². The lowest BCUT2D eigenvalue weighted by atomic mass is 10.0. The second-order valence-corrected chi connectivity index (χ2v) is 3.66. The Labute approximate surface area is 102 Å². The summed E-state index contributed by atoms with van der Waals surface area (Å²) in [7, 11) is 0. The van der Waals surface area contributed by atoms with Crippen LogP contribution in [-0.4, -0.2) is 0 Å². The highest BCUT2D eigenvalue weighted by atomic mass is 14.5. The minimum atomic E-state index is 0. The van der Waals surface area contributed by atoms with Crippen LogP contribution in [-0.2, 0) is 6.42 Å². The Balaban J connectivity index is 0.00000128. The van der Waals surface area contributed by atoms with Crippen molar-refractivity contribution in [2.45, 2.75) is 6.42 Å². The predicted octanol–water partition coefficient (Wildman–Crippen LogP) is 2.77. The van der Waals surface area contributed by atoms with Crippen LogP contribution in [0.25, 0.3) is 0 Å². The summed E-state index contributed by atoms with van der Waals surface area (Å²) >= 11 is 0. The van der Waals surface area contributed by atoms with E-state index in [1.807, 2.05) is 48.5 Å². The molecule has 0 unspecified atom stereocenters. The minimum absolute atomic E-state index is 0. The molecule has 0 saturated carbocycles. The van der Waals surface area contributed by atoms with Gasteiger partial charge in [0, 0.05) is 11.4 Å². The van der Waals surface area contributed by atoms with Gasteiger partial charge in [0.25, 0.3) is 0 Å². The summed E-state index contributed by atoms with van der Waals surface area (Å²) in [4.78, 5) is 0. The quantitative estimate of drug-likeness (QED) is 0.594. The molecule has 4 nitrogen and oxygen atoms in total. The number of benzene rings is 2. The van der Waals surface area contributed by atoms with Crippen LogP contribution in [0.15, 0.2) is 48.5 Å². The van der Waals surface area contributed by atoms with Crippen LogP contribution >= 0.6 is 0 Å². The molecule has 4 heteroatoms. The van der Waals surface area contributed by atoms with E-state index in [0.717, 1.165) is 17.8 Å². The van der Waals surface area contributed by atoms with Gasteiger partial charge in [-0.2, -0.15) is 0 Å². The van der Waals surface area contributed by atoms with Gasteiger partial charge in [0.15, 0.2) is 0 Å². The fraction of sp³-hybridized carbons (Fsp3) is 0.0769. The summed E-state index contributed by atoms with van der Waals surface area (Å²) < 4.78 is 0. The third-order valence-corrected chi connectivity index (χ3v) is 2.37. The highest BCUT2D eigenvalue weighted by molar-refractivity contribution is 5.43. The molecule has 0 aromatic heterocycles. The molecule has 17 heavy (non-hydrogen) atoms. The van der Waals surface area contributed by atoms with Crippen molar-refractivity contribution < 1.29 is 0 Å². The maximum absolute atomic E-state index is 5.62. The van der Waals surface area contributed by atoms with Gasteiger partial charge in [0.05, 0.1) is 0 Å². The average molecular weight is 232 g/mol. The van der Waals surface area contributed by atoms with Crippen molar-refractivity contribution in [2.75, 3.05) is 11.5 Å². The van der Waals surface area contributed by atoms with E-state index in [9.17, 15) is 0 Å². The third-order valence-electron chi connectivity index (χ3n) is 2.37. The first kappa shape index (κ1) is 15.0.